The van der Waals surface area contributed by atoms with E-state index in [0.717, 1.165) is 18.4 Å². The van der Waals surface area contributed by atoms with Crippen molar-refractivity contribution in [2.45, 2.75) is 31.6 Å². The summed E-state index contributed by atoms with van der Waals surface area (Å²) in [5.41, 5.74) is 0.557. The van der Waals surface area contributed by atoms with Crippen molar-refractivity contribution in [2.75, 3.05) is 13.2 Å². The molecule has 3 nitrogen and oxygen atoms in total. The van der Waals surface area contributed by atoms with Gasteiger partial charge in [0.15, 0.2) is 0 Å². The second kappa shape index (κ2) is 5.15. The minimum atomic E-state index is -0.412. The Bertz CT molecular complexity index is 396. The number of ketones is 1. The van der Waals surface area contributed by atoms with Crippen LogP contribution in [0.3, 0.4) is 0 Å². The molecule has 1 aromatic rings. The number of rotatable bonds is 3. The van der Waals surface area contributed by atoms with Gasteiger partial charge in [0.05, 0.1) is 5.41 Å². The van der Waals surface area contributed by atoms with E-state index in [9.17, 15) is 4.79 Å². The third kappa shape index (κ3) is 2.35. The number of pyridine rings is 1. The van der Waals surface area contributed by atoms with Crippen molar-refractivity contribution >= 4 is 17.4 Å². The summed E-state index contributed by atoms with van der Waals surface area (Å²) in [5.74, 6) is 0.268. The Hall–Kier alpha value is -0.930. The van der Waals surface area contributed by atoms with Gasteiger partial charge in [-0.1, -0.05) is 24.6 Å². The largest absolute Gasteiger partial charge is 0.381 e. The van der Waals surface area contributed by atoms with E-state index in [1.807, 2.05) is 13.0 Å². The van der Waals surface area contributed by atoms with Crippen LogP contribution in [0.15, 0.2) is 18.3 Å². The average Bonchev–Trinajstić information content (AvgIpc) is 2.39. The highest BCUT2D eigenvalue weighted by molar-refractivity contribution is 6.29. The first-order chi connectivity index (χ1) is 8.19. The lowest BCUT2D eigenvalue weighted by molar-refractivity contribution is -0.127. The number of Topliss-reactive ketones (excluding diaryl/α,β-unsaturated/α-hetero) is 1. The van der Waals surface area contributed by atoms with E-state index in [0.29, 0.717) is 24.8 Å². The van der Waals surface area contributed by atoms with Gasteiger partial charge in [0.25, 0.3) is 0 Å². The molecular weight excluding hydrogens is 238 g/mol. The molecule has 0 bridgehead atoms. The summed E-state index contributed by atoms with van der Waals surface area (Å²) in [6.45, 7) is 3.17. The van der Waals surface area contributed by atoms with Crippen LogP contribution in [-0.4, -0.2) is 24.0 Å². The van der Waals surface area contributed by atoms with Gasteiger partial charge in [0.2, 0.25) is 0 Å². The first-order valence-corrected chi connectivity index (χ1v) is 6.30. The smallest absolute Gasteiger partial charge is 0.143 e. The number of hydrogen-bond acceptors (Lipinski definition) is 3. The van der Waals surface area contributed by atoms with Crippen LogP contribution in [0, 0.1) is 0 Å². The Kier molecular flexibility index (Phi) is 3.79. The van der Waals surface area contributed by atoms with E-state index in [2.05, 4.69) is 4.98 Å². The molecule has 0 amide bonds. The summed E-state index contributed by atoms with van der Waals surface area (Å²) in [6.07, 6.45) is 3.75. The van der Waals surface area contributed by atoms with Crippen molar-refractivity contribution in [1.82, 2.24) is 4.98 Å². The standard InChI is InChI=1S/C13H16ClNO2/c1-2-11(16)13(5-7-17-8-6-13)10-3-4-12(14)15-9-10/h3-4,9H,2,5-8H2,1H3. The number of carbonyl (C=O) groups is 1. The minimum absolute atomic E-state index is 0.268. The molecule has 2 rings (SSSR count). The maximum atomic E-state index is 12.3. The van der Waals surface area contributed by atoms with E-state index in [-0.39, 0.29) is 5.78 Å². The quantitative estimate of drug-likeness (QED) is 0.778. The van der Waals surface area contributed by atoms with Gasteiger partial charge in [-0.25, -0.2) is 4.98 Å². The first-order valence-electron chi connectivity index (χ1n) is 5.92. The Morgan fingerprint density at radius 1 is 1.47 bits per heavy atom. The molecule has 0 unspecified atom stereocenters. The zero-order valence-electron chi connectivity index (χ0n) is 9.91. The van der Waals surface area contributed by atoms with Crippen LogP contribution < -0.4 is 0 Å². The van der Waals surface area contributed by atoms with Crippen LogP contribution in [0.1, 0.15) is 31.7 Å². The fourth-order valence-corrected chi connectivity index (χ4v) is 2.56. The Morgan fingerprint density at radius 2 is 2.18 bits per heavy atom. The lowest BCUT2D eigenvalue weighted by atomic mass is 9.71. The number of hydrogen-bond donors (Lipinski definition) is 0. The topological polar surface area (TPSA) is 39.2 Å². The summed E-state index contributed by atoms with van der Waals surface area (Å²) in [4.78, 5) is 16.3. The fourth-order valence-electron chi connectivity index (χ4n) is 2.45. The van der Waals surface area contributed by atoms with Gasteiger partial charge in [-0.2, -0.15) is 0 Å². The fraction of sp³-hybridized carbons (Fsp3) is 0.538. The second-order valence-electron chi connectivity index (χ2n) is 4.34. The number of nitrogens with zero attached hydrogens (tertiary/aromatic N) is 1. The van der Waals surface area contributed by atoms with Crippen LogP contribution in [0.4, 0.5) is 0 Å². The molecule has 0 aliphatic carbocycles. The van der Waals surface area contributed by atoms with Crippen molar-refractivity contribution in [3.05, 3.63) is 29.0 Å². The lowest BCUT2D eigenvalue weighted by Gasteiger charge is -2.35. The van der Waals surface area contributed by atoms with Gasteiger partial charge in [-0.15, -0.1) is 0 Å². The van der Waals surface area contributed by atoms with Gasteiger partial charge in [0.1, 0.15) is 10.9 Å². The minimum Gasteiger partial charge on any atom is -0.381 e. The van der Waals surface area contributed by atoms with Crippen molar-refractivity contribution in [1.29, 1.82) is 0 Å². The molecule has 1 aliphatic rings. The van der Waals surface area contributed by atoms with Crippen LogP contribution >= 0.6 is 11.6 Å². The van der Waals surface area contributed by atoms with E-state index >= 15 is 0 Å². The SMILES string of the molecule is CCC(=O)C1(c2ccc(Cl)nc2)CCOCC1. The van der Waals surface area contributed by atoms with Gasteiger partial charge < -0.3 is 4.74 Å². The maximum Gasteiger partial charge on any atom is 0.143 e. The molecular formula is C13H16ClNO2. The van der Waals surface area contributed by atoms with E-state index in [1.165, 1.54) is 0 Å². The molecule has 0 aromatic carbocycles. The Labute approximate surface area is 106 Å². The normalized spacial score (nSPS) is 18.9. The maximum absolute atomic E-state index is 12.3. The second-order valence-corrected chi connectivity index (χ2v) is 4.73. The Balaban J connectivity index is 2.38. The lowest BCUT2D eigenvalue weighted by Crippen LogP contribution is -2.41. The molecule has 1 aliphatic heterocycles. The molecule has 92 valence electrons. The third-order valence-electron chi connectivity index (χ3n) is 3.48. The molecule has 0 radical (unpaired) electrons. The van der Waals surface area contributed by atoms with E-state index in [4.69, 9.17) is 16.3 Å². The zero-order valence-corrected chi connectivity index (χ0v) is 10.7. The highest BCUT2D eigenvalue weighted by Crippen LogP contribution is 2.36. The summed E-state index contributed by atoms with van der Waals surface area (Å²) >= 11 is 5.79. The monoisotopic (exact) mass is 253 g/mol. The molecule has 0 N–H and O–H groups in total. The van der Waals surface area contributed by atoms with Gasteiger partial charge in [0, 0.05) is 25.8 Å². The van der Waals surface area contributed by atoms with Crippen molar-refractivity contribution in [3.63, 3.8) is 0 Å². The van der Waals surface area contributed by atoms with Crippen LogP contribution in [-0.2, 0) is 14.9 Å². The van der Waals surface area contributed by atoms with Crippen molar-refractivity contribution < 1.29 is 9.53 Å². The molecule has 2 heterocycles. The molecule has 1 aromatic heterocycles. The number of aromatic nitrogens is 1. The molecule has 0 spiro atoms. The molecule has 1 saturated heterocycles. The first kappa shape index (κ1) is 12.5. The number of carbonyl (C=O) groups excluding carboxylic acids is 1. The average molecular weight is 254 g/mol. The molecule has 0 atom stereocenters. The molecule has 0 saturated carbocycles. The highest BCUT2D eigenvalue weighted by Gasteiger charge is 2.40. The van der Waals surface area contributed by atoms with Crippen molar-refractivity contribution in [3.8, 4) is 0 Å². The number of ether oxygens (including phenoxy) is 1. The molecule has 17 heavy (non-hydrogen) atoms. The van der Waals surface area contributed by atoms with Gasteiger partial charge >= 0.3 is 0 Å². The van der Waals surface area contributed by atoms with Crippen molar-refractivity contribution in [2.24, 2.45) is 0 Å². The predicted molar refractivity (Wildman–Crippen MR) is 66.3 cm³/mol. The van der Waals surface area contributed by atoms with Gasteiger partial charge in [-0.05, 0) is 24.5 Å². The number of halogens is 1. The molecule has 1 fully saturated rings. The summed E-state index contributed by atoms with van der Waals surface area (Å²) in [5, 5.41) is 0.458. The predicted octanol–water partition coefficient (Wildman–Crippen LogP) is 2.76. The molecule has 4 heteroatoms. The van der Waals surface area contributed by atoms with E-state index < -0.39 is 5.41 Å². The third-order valence-corrected chi connectivity index (χ3v) is 3.70. The summed E-state index contributed by atoms with van der Waals surface area (Å²) in [6, 6.07) is 3.66. The summed E-state index contributed by atoms with van der Waals surface area (Å²) < 4.78 is 5.37. The van der Waals surface area contributed by atoms with Gasteiger partial charge in [-0.3, -0.25) is 4.79 Å². The highest BCUT2D eigenvalue weighted by atomic mass is 35.5. The Morgan fingerprint density at radius 3 is 2.71 bits per heavy atom. The van der Waals surface area contributed by atoms with E-state index in [1.54, 1.807) is 12.3 Å². The zero-order chi connectivity index (χ0) is 12.3. The summed E-state index contributed by atoms with van der Waals surface area (Å²) in [7, 11) is 0. The van der Waals surface area contributed by atoms with Crippen LogP contribution in [0.5, 0.6) is 0 Å². The van der Waals surface area contributed by atoms with Crippen LogP contribution in [0.25, 0.3) is 0 Å². The van der Waals surface area contributed by atoms with Crippen LogP contribution in [0.2, 0.25) is 5.15 Å².